The van der Waals surface area contributed by atoms with Gasteiger partial charge in [0.15, 0.2) is 0 Å². The lowest BCUT2D eigenvalue weighted by Crippen LogP contribution is -2.19. The van der Waals surface area contributed by atoms with E-state index in [0.29, 0.717) is 35.2 Å². The van der Waals surface area contributed by atoms with E-state index in [1.54, 1.807) is 6.20 Å². The number of halogens is 1. The predicted octanol–water partition coefficient (Wildman–Crippen LogP) is 3.33. The maximum atomic E-state index is 12.4. The Hall–Kier alpha value is -2.66. The van der Waals surface area contributed by atoms with E-state index in [9.17, 15) is 4.79 Å². The molecule has 0 unspecified atom stereocenters. The van der Waals surface area contributed by atoms with Gasteiger partial charge in [-0.25, -0.2) is 4.98 Å². The van der Waals surface area contributed by atoms with Gasteiger partial charge < -0.3 is 5.32 Å². The van der Waals surface area contributed by atoms with E-state index < -0.39 is 0 Å². The number of nitrogens with zero attached hydrogens (tertiary/aromatic N) is 2. The zero-order valence-electron chi connectivity index (χ0n) is 13.2. The molecule has 0 saturated carbocycles. The minimum atomic E-state index is -0.138. The van der Waals surface area contributed by atoms with Crippen LogP contribution in [0.1, 0.15) is 22.5 Å². The smallest absolute Gasteiger partial charge is 0.256 e. The molecule has 0 aliphatic carbocycles. The number of rotatable bonds is 5. The molecular formula is C18H17ClN4O. The maximum Gasteiger partial charge on any atom is 0.256 e. The Labute approximate surface area is 144 Å². The summed E-state index contributed by atoms with van der Waals surface area (Å²) in [5.41, 5.74) is 3.12. The zero-order chi connectivity index (χ0) is 16.9. The van der Waals surface area contributed by atoms with Crippen molar-refractivity contribution in [3.8, 4) is 0 Å². The van der Waals surface area contributed by atoms with Crippen LogP contribution in [-0.2, 0) is 13.0 Å². The van der Waals surface area contributed by atoms with E-state index >= 15 is 0 Å². The van der Waals surface area contributed by atoms with Crippen molar-refractivity contribution in [2.75, 3.05) is 5.32 Å². The van der Waals surface area contributed by atoms with Crippen molar-refractivity contribution in [1.29, 1.82) is 0 Å². The normalized spacial score (nSPS) is 10.6. The number of hydrogen-bond donors (Lipinski definition) is 2. The van der Waals surface area contributed by atoms with Gasteiger partial charge in [0.05, 0.1) is 17.9 Å². The molecule has 2 heterocycles. The fraction of sp³-hybridized carbons (Fsp3) is 0.167. The highest BCUT2D eigenvalue weighted by Gasteiger charge is 2.09. The molecular weight excluding hydrogens is 324 g/mol. The van der Waals surface area contributed by atoms with Crippen molar-refractivity contribution < 1.29 is 0 Å². The van der Waals surface area contributed by atoms with Crippen LogP contribution in [0.15, 0.2) is 53.5 Å². The van der Waals surface area contributed by atoms with Crippen molar-refractivity contribution >= 4 is 17.5 Å². The van der Waals surface area contributed by atoms with Crippen LogP contribution >= 0.6 is 11.6 Å². The summed E-state index contributed by atoms with van der Waals surface area (Å²) in [5, 5.41) is 3.77. The molecule has 0 amide bonds. The summed E-state index contributed by atoms with van der Waals surface area (Å²) in [4.78, 5) is 23.8. The fourth-order valence-electron chi connectivity index (χ4n) is 2.39. The molecule has 122 valence electrons. The Morgan fingerprint density at radius 3 is 2.62 bits per heavy atom. The number of H-pyrrole nitrogens is 1. The van der Waals surface area contributed by atoms with Gasteiger partial charge in [0.1, 0.15) is 0 Å². The Kier molecular flexibility index (Phi) is 4.91. The number of aryl methyl sites for hydroxylation is 1. The second kappa shape index (κ2) is 7.27. The Bertz CT molecular complexity index is 876. The first-order valence-electron chi connectivity index (χ1n) is 7.60. The summed E-state index contributed by atoms with van der Waals surface area (Å²) in [5.74, 6) is 0.447. The SMILES string of the molecule is Cc1nc(NCc2ccccn2)[nH]c(=O)c1Cc1ccc(Cl)cc1. The first kappa shape index (κ1) is 16.2. The van der Waals surface area contributed by atoms with E-state index in [2.05, 4.69) is 20.3 Å². The van der Waals surface area contributed by atoms with Crippen LogP contribution < -0.4 is 10.9 Å². The molecule has 6 heteroatoms. The Morgan fingerprint density at radius 2 is 1.96 bits per heavy atom. The molecule has 5 nitrogen and oxygen atoms in total. The van der Waals surface area contributed by atoms with Crippen LogP contribution in [0.5, 0.6) is 0 Å². The molecule has 1 aromatic carbocycles. The van der Waals surface area contributed by atoms with Gasteiger partial charge >= 0.3 is 0 Å². The number of nitrogens with one attached hydrogen (secondary N) is 2. The quantitative estimate of drug-likeness (QED) is 0.747. The number of anilines is 1. The van der Waals surface area contributed by atoms with E-state index in [1.807, 2.05) is 49.4 Å². The van der Waals surface area contributed by atoms with Gasteiger partial charge in [0.25, 0.3) is 5.56 Å². The standard InChI is InChI=1S/C18H17ClN4O/c1-12-16(10-13-5-7-14(19)8-6-13)17(24)23-18(22-12)21-11-15-4-2-3-9-20-15/h2-9H,10-11H2,1H3,(H2,21,22,23,24). The molecule has 0 bridgehead atoms. The summed E-state index contributed by atoms with van der Waals surface area (Å²) >= 11 is 5.89. The van der Waals surface area contributed by atoms with Crippen molar-refractivity contribution in [3.63, 3.8) is 0 Å². The summed E-state index contributed by atoms with van der Waals surface area (Å²) in [6.07, 6.45) is 2.25. The second-order valence-corrected chi connectivity index (χ2v) is 5.89. The van der Waals surface area contributed by atoms with Crippen LogP contribution in [0, 0.1) is 6.92 Å². The van der Waals surface area contributed by atoms with Crippen LogP contribution in [0.4, 0.5) is 5.95 Å². The number of hydrogen-bond acceptors (Lipinski definition) is 4. The van der Waals surface area contributed by atoms with Crippen LogP contribution in [0.3, 0.4) is 0 Å². The highest BCUT2D eigenvalue weighted by Crippen LogP contribution is 2.14. The van der Waals surface area contributed by atoms with E-state index in [0.717, 1.165) is 11.3 Å². The highest BCUT2D eigenvalue weighted by molar-refractivity contribution is 6.30. The summed E-state index contributed by atoms with van der Waals surface area (Å²) in [7, 11) is 0. The largest absolute Gasteiger partial charge is 0.350 e. The monoisotopic (exact) mass is 340 g/mol. The van der Waals surface area contributed by atoms with Gasteiger partial charge in [-0.1, -0.05) is 29.8 Å². The van der Waals surface area contributed by atoms with Gasteiger partial charge in [-0.2, -0.15) is 0 Å². The zero-order valence-corrected chi connectivity index (χ0v) is 14.0. The third-order valence-electron chi connectivity index (χ3n) is 3.68. The molecule has 0 radical (unpaired) electrons. The third kappa shape index (κ3) is 4.00. The minimum absolute atomic E-state index is 0.138. The van der Waals surface area contributed by atoms with Gasteiger partial charge in [0.2, 0.25) is 5.95 Å². The van der Waals surface area contributed by atoms with Crippen LogP contribution in [0.25, 0.3) is 0 Å². The van der Waals surface area contributed by atoms with Gasteiger partial charge in [-0.05, 0) is 36.8 Å². The molecule has 2 N–H and O–H groups in total. The fourth-order valence-corrected chi connectivity index (χ4v) is 2.51. The summed E-state index contributed by atoms with van der Waals surface area (Å²) in [6, 6.07) is 13.1. The highest BCUT2D eigenvalue weighted by atomic mass is 35.5. The van der Waals surface area contributed by atoms with Crippen LogP contribution in [-0.4, -0.2) is 15.0 Å². The maximum absolute atomic E-state index is 12.4. The minimum Gasteiger partial charge on any atom is -0.350 e. The first-order chi connectivity index (χ1) is 11.6. The lowest BCUT2D eigenvalue weighted by Gasteiger charge is -2.09. The van der Waals surface area contributed by atoms with Crippen LogP contribution in [0.2, 0.25) is 5.02 Å². The molecule has 0 spiro atoms. The Morgan fingerprint density at radius 1 is 1.17 bits per heavy atom. The van der Waals surface area contributed by atoms with Crippen molar-refractivity contribution in [2.45, 2.75) is 19.9 Å². The molecule has 0 aliphatic rings. The van der Waals surface area contributed by atoms with Crippen molar-refractivity contribution in [1.82, 2.24) is 15.0 Å². The van der Waals surface area contributed by atoms with Crippen molar-refractivity contribution in [3.05, 3.63) is 86.6 Å². The van der Waals surface area contributed by atoms with E-state index in [-0.39, 0.29) is 5.56 Å². The van der Waals surface area contributed by atoms with Gasteiger partial charge in [0, 0.05) is 23.2 Å². The first-order valence-corrected chi connectivity index (χ1v) is 7.97. The molecule has 24 heavy (non-hydrogen) atoms. The molecule has 3 rings (SSSR count). The third-order valence-corrected chi connectivity index (χ3v) is 3.93. The van der Waals surface area contributed by atoms with Gasteiger partial charge in [-0.3, -0.25) is 14.8 Å². The summed E-state index contributed by atoms with van der Waals surface area (Å²) < 4.78 is 0. The predicted molar refractivity (Wildman–Crippen MR) is 95.4 cm³/mol. The molecule has 0 fully saturated rings. The average molecular weight is 341 g/mol. The second-order valence-electron chi connectivity index (χ2n) is 5.46. The molecule has 3 aromatic rings. The van der Waals surface area contributed by atoms with E-state index in [4.69, 9.17) is 11.6 Å². The topological polar surface area (TPSA) is 70.7 Å². The Balaban J connectivity index is 1.76. The number of aromatic amines is 1. The van der Waals surface area contributed by atoms with E-state index in [1.165, 1.54) is 0 Å². The van der Waals surface area contributed by atoms with Crippen molar-refractivity contribution in [2.24, 2.45) is 0 Å². The number of benzene rings is 1. The molecule has 2 aromatic heterocycles. The lowest BCUT2D eigenvalue weighted by molar-refractivity contribution is 0.944. The van der Waals surface area contributed by atoms with Gasteiger partial charge in [-0.15, -0.1) is 0 Å². The molecule has 0 saturated heterocycles. The molecule has 0 aliphatic heterocycles. The molecule has 0 atom stereocenters. The average Bonchev–Trinajstić information content (AvgIpc) is 2.59. The number of pyridine rings is 1. The summed E-state index contributed by atoms with van der Waals surface area (Å²) in [6.45, 7) is 2.34. The lowest BCUT2D eigenvalue weighted by atomic mass is 10.1. The number of aromatic nitrogens is 3.